The third-order valence-corrected chi connectivity index (χ3v) is 8.22. The molecule has 1 unspecified atom stereocenters. The van der Waals surface area contributed by atoms with Crippen molar-refractivity contribution in [2.45, 2.75) is 45.0 Å². The van der Waals surface area contributed by atoms with Crippen LogP contribution in [-0.2, 0) is 15.6 Å². The van der Waals surface area contributed by atoms with Crippen molar-refractivity contribution in [1.82, 2.24) is 0 Å². The Bertz CT molecular complexity index is 325. The molecule has 3 rings (SSSR count). The molecule has 90 valence electrons. The van der Waals surface area contributed by atoms with Gasteiger partial charge in [0, 0.05) is 22.2 Å². The quantitative estimate of drug-likeness (QED) is 0.639. The van der Waals surface area contributed by atoms with Gasteiger partial charge in [-0.05, 0) is 18.3 Å². The molecule has 2 saturated carbocycles. The van der Waals surface area contributed by atoms with Crippen molar-refractivity contribution in [3.63, 3.8) is 0 Å². The second-order valence-corrected chi connectivity index (χ2v) is 8.61. The summed E-state index contributed by atoms with van der Waals surface area (Å²) in [7, 11) is 0.410. The SMILES string of the molecule is C=C[S+]1CCO[C@@H]2[C@H]1[C@H]1CC[C@]2(C)C1(C)C. The van der Waals surface area contributed by atoms with Crippen molar-refractivity contribution in [1.29, 1.82) is 0 Å². The molecule has 2 aliphatic carbocycles. The van der Waals surface area contributed by atoms with Gasteiger partial charge in [0.15, 0.2) is 5.25 Å². The fourth-order valence-electron chi connectivity index (χ4n) is 4.47. The second kappa shape index (κ2) is 3.29. The number of ether oxygens (including phenoxy) is 1. The van der Waals surface area contributed by atoms with Crippen LogP contribution >= 0.6 is 0 Å². The fourth-order valence-corrected chi connectivity index (χ4v) is 7.01. The molecule has 3 aliphatic rings. The van der Waals surface area contributed by atoms with Crippen LogP contribution in [-0.4, -0.2) is 23.7 Å². The first-order valence-electron chi connectivity index (χ1n) is 6.45. The molecule has 0 radical (unpaired) electrons. The lowest BCUT2D eigenvalue weighted by molar-refractivity contribution is -0.0425. The third kappa shape index (κ3) is 1.08. The Kier molecular flexibility index (Phi) is 2.29. The van der Waals surface area contributed by atoms with Gasteiger partial charge in [-0.2, -0.15) is 0 Å². The minimum absolute atomic E-state index is 0.410. The molecule has 0 N–H and O–H groups in total. The van der Waals surface area contributed by atoms with Crippen LogP contribution in [0.25, 0.3) is 0 Å². The van der Waals surface area contributed by atoms with Gasteiger partial charge in [0.1, 0.15) is 17.3 Å². The summed E-state index contributed by atoms with van der Waals surface area (Å²) in [6.07, 6.45) is 3.28. The molecular formula is C14H23OS+. The van der Waals surface area contributed by atoms with Crippen molar-refractivity contribution in [3.05, 3.63) is 12.0 Å². The van der Waals surface area contributed by atoms with Crippen molar-refractivity contribution < 1.29 is 4.74 Å². The Morgan fingerprint density at radius 1 is 1.38 bits per heavy atom. The van der Waals surface area contributed by atoms with E-state index in [4.69, 9.17) is 4.74 Å². The molecular weight excluding hydrogens is 216 g/mol. The first-order chi connectivity index (χ1) is 7.52. The molecule has 0 spiro atoms. The average Bonchev–Trinajstić information content (AvgIpc) is 2.59. The number of rotatable bonds is 1. The lowest BCUT2D eigenvalue weighted by Gasteiger charge is -2.40. The molecule has 5 atom stereocenters. The van der Waals surface area contributed by atoms with Gasteiger partial charge in [-0.15, -0.1) is 0 Å². The molecule has 1 saturated heterocycles. The van der Waals surface area contributed by atoms with Crippen LogP contribution < -0.4 is 0 Å². The van der Waals surface area contributed by atoms with Crippen molar-refractivity contribution in [3.8, 4) is 0 Å². The summed E-state index contributed by atoms with van der Waals surface area (Å²) < 4.78 is 6.17. The summed E-state index contributed by atoms with van der Waals surface area (Å²) in [5.74, 6) is 2.08. The van der Waals surface area contributed by atoms with Gasteiger partial charge in [-0.3, -0.25) is 0 Å². The monoisotopic (exact) mass is 239 g/mol. The fraction of sp³-hybridized carbons (Fsp3) is 0.857. The maximum atomic E-state index is 6.17. The van der Waals surface area contributed by atoms with E-state index in [0.717, 1.165) is 17.8 Å². The summed E-state index contributed by atoms with van der Waals surface area (Å²) in [5.41, 5.74) is 0.873. The second-order valence-electron chi connectivity index (χ2n) is 6.38. The highest BCUT2D eigenvalue weighted by molar-refractivity contribution is 8.00. The maximum Gasteiger partial charge on any atom is 0.152 e. The first-order valence-corrected chi connectivity index (χ1v) is 7.97. The predicted molar refractivity (Wildman–Crippen MR) is 70.6 cm³/mol. The van der Waals surface area contributed by atoms with Gasteiger partial charge in [0.05, 0.1) is 6.61 Å². The Hall–Kier alpha value is 0.0500. The van der Waals surface area contributed by atoms with E-state index in [-0.39, 0.29) is 0 Å². The minimum Gasteiger partial charge on any atom is -0.367 e. The van der Waals surface area contributed by atoms with Crippen LogP contribution in [0.15, 0.2) is 12.0 Å². The molecule has 1 heterocycles. The summed E-state index contributed by atoms with van der Waals surface area (Å²) in [5, 5.41) is 3.00. The van der Waals surface area contributed by atoms with Crippen molar-refractivity contribution in [2.75, 3.05) is 12.4 Å². The van der Waals surface area contributed by atoms with Crippen LogP contribution in [0.3, 0.4) is 0 Å². The third-order valence-electron chi connectivity index (χ3n) is 5.88. The van der Waals surface area contributed by atoms with E-state index in [2.05, 4.69) is 32.8 Å². The molecule has 1 nitrogen and oxygen atoms in total. The summed E-state index contributed by atoms with van der Waals surface area (Å²) >= 11 is 0. The molecule has 3 fully saturated rings. The molecule has 0 aromatic rings. The van der Waals surface area contributed by atoms with E-state index in [0.29, 0.717) is 27.8 Å². The zero-order chi connectivity index (χ0) is 11.6. The number of hydrogen-bond acceptors (Lipinski definition) is 1. The normalized spacial score (nSPS) is 53.7. The van der Waals surface area contributed by atoms with E-state index in [9.17, 15) is 0 Å². The molecule has 2 bridgehead atoms. The van der Waals surface area contributed by atoms with Crippen LogP contribution in [0.2, 0.25) is 0 Å². The molecule has 1 aliphatic heterocycles. The largest absolute Gasteiger partial charge is 0.367 e. The van der Waals surface area contributed by atoms with E-state index in [1.807, 2.05) is 0 Å². The average molecular weight is 239 g/mol. The lowest BCUT2D eigenvalue weighted by atomic mass is 9.70. The zero-order valence-electron chi connectivity index (χ0n) is 10.7. The van der Waals surface area contributed by atoms with Gasteiger partial charge in [-0.25, -0.2) is 0 Å². The highest BCUT2D eigenvalue weighted by Gasteiger charge is 2.72. The molecule has 16 heavy (non-hydrogen) atoms. The van der Waals surface area contributed by atoms with E-state index in [1.165, 1.54) is 18.6 Å². The lowest BCUT2D eigenvalue weighted by Crippen LogP contribution is -2.49. The molecule has 0 amide bonds. The van der Waals surface area contributed by atoms with Gasteiger partial charge >= 0.3 is 0 Å². The van der Waals surface area contributed by atoms with Crippen LogP contribution in [0.1, 0.15) is 33.6 Å². The van der Waals surface area contributed by atoms with E-state index < -0.39 is 0 Å². The summed E-state index contributed by atoms with van der Waals surface area (Å²) in [4.78, 5) is 0. The Labute approximate surface area is 102 Å². The minimum atomic E-state index is 0.410. The summed E-state index contributed by atoms with van der Waals surface area (Å²) in [6.45, 7) is 12.4. The smallest absolute Gasteiger partial charge is 0.152 e. The topological polar surface area (TPSA) is 9.23 Å². The predicted octanol–water partition coefficient (Wildman–Crippen LogP) is 2.97. The maximum absolute atomic E-state index is 6.17. The standard InChI is InChI=1S/C14H23OS/c1-5-16-9-8-15-12-11(16)10-6-7-14(12,4)13(10,2)3/h5,10-12H,1,6-9H2,2-4H3/q+1/t10-,11-,12-,14+,16?/m1/s1. The first kappa shape index (κ1) is 11.2. The summed E-state index contributed by atoms with van der Waals surface area (Å²) in [6, 6.07) is 0. The number of fused-ring (bicyclic) bond motifs is 5. The van der Waals surface area contributed by atoms with Gasteiger partial charge in [0.25, 0.3) is 0 Å². The Balaban J connectivity index is 2.03. The number of hydrogen-bond donors (Lipinski definition) is 0. The van der Waals surface area contributed by atoms with Crippen LogP contribution in [0, 0.1) is 16.7 Å². The van der Waals surface area contributed by atoms with Gasteiger partial charge in [0.2, 0.25) is 0 Å². The molecule has 0 aromatic heterocycles. The highest BCUT2D eigenvalue weighted by atomic mass is 32.2. The van der Waals surface area contributed by atoms with Gasteiger partial charge in [-0.1, -0.05) is 27.4 Å². The Morgan fingerprint density at radius 2 is 2.12 bits per heavy atom. The molecule has 2 heteroatoms. The van der Waals surface area contributed by atoms with E-state index in [1.54, 1.807) is 0 Å². The van der Waals surface area contributed by atoms with Crippen LogP contribution in [0.5, 0.6) is 0 Å². The molecule has 0 aromatic carbocycles. The highest BCUT2D eigenvalue weighted by Crippen LogP contribution is 2.68. The van der Waals surface area contributed by atoms with Crippen molar-refractivity contribution >= 4 is 10.9 Å². The zero-order valence-corrected chi connectivity index (χ0v) is 11.5. The van der Waals surface area contributed by atoms with Crippen LogP contribution in [0.4, 0.5) is 0 Å². The van der Waals surface area contributed by atoms with E-state index >= 15 is 0 Å². The van der Waals surface area contributed by atoms with Crippen molar-refractivity contribution in [2.24, 2.45) is 16.7 Å². The van der Waals surface area contributed by atoms with Gasteiger partial charge < -0.3 is 4.74 Å². The Morgan fingerprint density at radius 3 is 2.81 bits per heavy atom.